The molecule has 9 heteroatoms. The molecule has 3 aromatic rings. The Morgan fingerprint density at radius 2 is 1.75 bits per heavy atom. The molecule has 0 aliphatic carbocycles. The van der Waals surface area contributed by atoms with Crippen LogP contribution in [0.3, 0.4) is 0 Å². The maximum Gasteiger partial charge on any atom is 0.416 e. The van der Waals surface area contributed by atoms with Gasteiger partial charge in [-0.25, -0.2) is 14.4 Å². The smallest absolute Gasteiger partial charge is 0.416 e. The van der Waals surface area contributed by atoms with Crippen LogP contribution >= 0.6 is 0 Å². The van der Waals surface area contributed by atoms with E-state index in [9.17, 15) is 22.4 Å². The number of nitrogens with zero attached hydrogens (tertiary/aromatic N) is 2. The zero-order chi connectivity index (χ0) is 20.1. The molecule has 144 valence electrons. The van der Waals surface area contributed by atoms with Gasteiger partial charge in [0.1, 0.15) is 0 Å². The monoisotopic (exact) mass is 391 g/mol. The van der Waals surface area contributed by atoms with Gasteiger partial charge in [-0.15, -0.1) is 0 Å². The number of halogens is 4. The number of hydrogen-bond donors (Lipinski definition) is 1. The van der Waals surface area contributed by atoms with Gasteiger partial charge in [0.25, 0.3) is 0 Å². The van der Waals surface area contributed by atoms with Gasteiger partial charge in [-0.3, -0.25) is 4.79 Å². The van der Waals surface area contributed by atoms with Crippen LogP contribution in [0, 0.1) is 5.82 Å². The molecule has 1 amide bonds. The summed E-state index contributed by atoms with van der Waals surface area (Å²) in [4.78, 5) is 19.8. The molecule has 2 aromatic carbocycles. The van der Waals surface area contributed by atoms with Crippen molar-refractivity contribution in [3.63, 3.8) is 0 Å². The predicted molar refractivity (Wildman–Crippen MR) is 92.3 cm³/mol. The number of hydrogen-bond acceptors (Lipinski definition) is 4. The lowest BCUT2D eigenvalue weighted by Crippen LogP contribution is -2.15. The van der Waals surface area contributed by atoms with Crippen LogP contribution in [0.5, 0.6) is 11.8 Å². The molecule has 1 aromatic heterocycles. The highest BCUT2D eigenvalue weighted by Crippen LogP contribution is 2.29. The summed E-state index contributed by atoms with van der Waals surface area (Å²) < 4.78 is 56.9. The largest absolute Gasteiger partial charge is 0.421 e. The standard InChI is InChI=1S/C19H13F4N3O2/c20-15-6-1-2-7-16(15)28-18-24-10-14(11-25-18)26-17(27)9-12-4-3-5-13(8-12)19(21,22)23/h1-8,10-11H,9H2,(H,26,27). The SMILES string of the molecule is O=C(Cc1cccc(C(F)(F)F)c1)Nc1cnc(Oc2ccccc2F)nc1. The molecule has 0 radical (unpaired) electrons. The Balaban J connectivity index is 1.61. The highest BCUT2D eigenvalue weighted by atomic mass is 19.4. The highest BCUT2D eigenvalue weighted by Gasteiger charge is 2.30. The van der Waals surface area contributed by atoms with Gasteiger partial charge < -0.3 is 10.1 Å². The Kier molecular flexibility index (Phi) is 5.53. The summed E-state index contributed by atoms with van der Waals surface area (Å²) in [5, 5.41) is 2.48. The van der Waals surface area contributed by atoms with Gasteiger partial charge in [0.15, 0.2) is 11.6 Å². The number of rotatable bonds is 5. The van der Waals surface area contributed by atoms with Gasteiger partial charge in [0.05, 0.1) is 30.1 Å². The zero-order valence-electron chi connectivity index (χ0n) is 14.2. The van der Waals surface area contributed by atoms with Crippen LogP contribution in [0.4, 0.5) is 23.2 Å². The molecule has 0 fully saturated rings. The molecular weight excluding hydrogens is 378 g/mol. The Morgan fingerprint density at radius 1 is 1.04 bits per heavy atom. The van der Waals surface area contributed by atoms with Gasteiger partial charge in [-0.1, -0.05) is 30.3 Å². The third-order valence-electron chi connectivity index (χ3n) is 3.57. The highest BCUT2D eigenvalue weighted by molar-refractivity contribution is 5.91. The number of carbonyl (C=O) groups excluding carboxylic acids is 1. The van der Waals surface area contributed by atoms with Gasteiger partial charge in [-0.05, 0) is 23.8 Å². The Morgan fingerprint density at radius 3 is 2.43 bits per heavy atom. The molecule has 0 bridgehead atoms. The van der Waals surface area contributed by atoms with E-state index in [1.165, 1.54) is 42.7 Å². The summed E-state index contributed by atoms with van der Waals surface area (Å²) in [7, 11) is 0. The van der Waals surface area contributed by atoms with E-state index in [0.29, 0.717) is 0 Å². The molecule has 0 aliphatic rings. The van der Waals surface area contributed by atoms with Gasteiger partial charge in [0, 0.05) is 0 Å². The molecule has 1 heterocycles. The molecule has 0 spiro atoms. The first-order valence-electron chi connectivity index (χ1n) is 8.02. The summed E-state index contributed by atoms with van der Waals surface area (Å²) >= 11 is 0. The van der Waals surface area contributed by atoms with Crippen LogP contribution in [0.25, 0.3) is 0 Å². The van der Waals surface area contributed by atoms with Gasteiger partial charge >= 0.3 is 12.2 Å². The molecule has 0 unspecified atom stereocenters. The topological polar surface area (TPSA) is 64.1 Å². The van der Waals surface area contributed by atoms with E-state index in [0.717, 1.165) is 12.1 Å². The minimum Gasteiger partial charge on any atom is -0.421 e. The second-order valence-electron chi connectivity index (χ2n) is 5.71. The quantitative estimate of drug-likeness (QED) is 0.646. The lowest BCUT2D eigenvalue weighted by atomic mass is 10.1. The maximum atomic E-state index is 13.5. The number of benzene rings is 2. The number of para-hydroxylation sites is 1. The summed E-state index contributed by atoms with van der Waals surface area (Å²) in [5.74, 6) is -1.17. The number of alkyl halides is 3. The van der Waals surface area contributed by atoms with Crippen molar-refractivity contribution in [2.24, 2.45) is 0 Å². The van der Waals surface area contributed by atoms with Crippen molar-refractivity contribution in [2.45, 2.75) is 12.6 Å². The molecule has 28 heavy (non-hydrogen) atoms. The molecule has 1 N–H and O–H groups in total. The van der Waals surface area contributed by atoms with Crippen molar-refractivity contribution in [1.82, 2.24) is 9.97 Å². The summed E-state index contributed by atoms with van der Waals surface area (Å²) in [6.45, 7) is 0. The van der Waals surface area contributed by atoms with E-state index in [1.807, 2.05) is 0 Å². The third-order valence-corrected chi connectivity index (χ3v) is 3.57. The van der Waals surface area contributed by atoms with Crippen molar-refractivity contribution < 1.29 is 27.1 Å². The number of carbonyl (C=O) groups is 1. The van der Waals surface area contributed by atoms with Crippen molar-refractivity contribution in [3.8, 4) is 11.8 Å². The first-order chi connectivity index (χ1) is 13.3. The molecule has 0 saturated heterocycles. The van der Waals surface area contributed by atoms with Crippen LogP contribution < -0.4 is 10.1 Å². The fourth-order valence-electron chi connectivity index (χ4n) is 2.31. The van der Waals surface area contributed by atoms with Crippen molar-refractivity contribution in [1.29, 1.82) is 0 Å². The van der Waals surface area contributed by atoms with Crippen molar-refractivity contribution in [3.05, 3.63) is 77.9 Å². The van der Waals surface area contributed by atoms with Crippen LogP contribution in [-0.2, 0) is 17.4 Å². The molecular formula is C19H13F4N3O2. The Hall–Kier alpha value is -3.49. The van der Waals surface area contributed by atoms with E-state index in [4.69, 9.17) is 4.74 Å². The van der Waals surface area contributed by atoms with Gasteiger partial charge in [-0.2, -0.15) is 13.2 Å². The Labute approximate surface area is 157 Å². The average Bonchev–Trinajstić information content (AvgIpc) is 2.65. The van der Waals surface area contributed by atoms with E-state index < -0.39 is 23.5 Å². The van der Waals surface area contributed by atoms with Crippen LogP contribution in [0.15, 0.2) is 60.9 Å². The zero-order valence-corrected chi connectivity index (χ0v) is 14.2. The van der Waals surface area contributed by atoms with Crippen LogP contribution in [-0.4, -0.2) is 15.9 Å². The minimum absolute atomic E-state index is 0.0520. The van der Waals surface area contributed by atoms with E-state index in [1.54, 1.807) is 6.07 Å². The first kappa shape index (κ1) is 19.3. The number of nitrogens with one attached hydrogen (secondary N) is 1. The molecule has 5 nitrogen and oxygen atoms in total. The van der Waals surface area contributed by atoms with Crippen LogP contribution in [0.1, 0.15) is 11.1 Å². The lowest BCUT2D eigenvalue weighted by Gasteiger charge is -2.09. The number of amides is 1. The van der Waals surface area contributed by atoms with Gasteiger partial charge in [0.2, 0.25) is 5.91 Å². The van der Waals surface area contributed by atoms with E-state index in [-0.39, 0.29) is 29.4 Å². The van der Waals surface area contributed by atoms with E-state index in [2.05, 4.69) is 15.3 Å². The average molecular weight is 391 g/mol. The first-order valence-corrected chi connectivity index (χ1v) is 8.02. The fraction of sp³-hybridized carbons (Fsp3) is 0.105. The lowest BCUT2D eigenvalue weighted by molar-refractivity contribution is -0.137. The van der Waals surface area contributed by atoms with E-state index >= 15 is 0 Å². The molecule has 0 atom stereocenters. The number of ether oxygens (including phenoxy) is 1. The second-order valence-corrected chi connectivity index (χ2v) is 5.71. The van der Waals surface area contributed by atoms with Crippen molar-refractivity contribution in [2.75, 3.05) is 5.32 Å². The summed E-state index contributed by atoms with van der Waals surface area (Å²) in [6, 6.07) is 10.1. The molecule has 0 aliphatic heterocycles. The maximum absolute atomic E-state index is 13.5. The molecule has 3 rings (SSSR count). The summed E-state index contributed by atoms with van der Waals surface area (Å²) in [6.07, 6.45) is -2.24. The van der Waals surface area contributed by atoms with Crippen molar-refractivity contribution >= 4 is 11.6 Å². The fourth-order valence-corrected chi connectivity index (χ4v) is 2.31. The third kappa shape index (κ3) is 5.03. The predicted octanol–water partition coefficient (Wildman–Crippen LogP) is 4.61. The number of aromatic nitrogens is 2. The molecule has 0 saturated carbocycles. The summed E-state index contributed by atoms with van der Waals surface area (Å²) in [5.41, 5.74) is -0.388. The normalized spacial score (nSPS) is 11.1. The number of anilines is 1. The van der Waals surface area contributed by atoms with Crippen LogP contribution in [0.2, 0.25) is 0 Å². The minimum atomic E-state index is -4.48. The second kappa shape index (κ2) is 8.03. The Bertz CT molecular complexity index is 975.